The van der Waals surface area contributed by atoms with E-state index in [1.807, 2.05) is 25.8 Å². The second-order valence-electron chi connectivity index (χ2n) is 7.86. The Balaban J connectivity index is 1.39. The van der Waals surface area contributed by atoms with Gasteiger partial charge in [-0.15, -0.1) is 0 Å². The van der Waals surface area contributed by atoms with Crippen LogP contribution < -0.4 is 15.5 Å². The second kappa shape index (κ2) is 8.65. The number of aliphatic hydroxyl groups is 1. The minimum absolute atomic E-state index is 0.147. The van der Waals surface area contributed by atoms with Crippen LogP contribution in [-0.2, 0) is 19.5 Å². The SMILES string of the molecule is Cc1nc(NCc2cnn(CCc3cc(F)c(F)c(F)c3)c2)nc2c1NC(O)[C@H](C)N2C. The highest BCUT2D eigenvalue weighted by Crippen LogP contribution is 2.33. The third kappa shape index (κ3) is 4.33. The van der Waals surface area contributed by atoms with E-state index in [0.717, 1.165) is 17.7 Å². The Morgan fingerprint density at radius 2 is 1.88 bits per heavy atom. The molecular formula is C21H24F3N7O. The number of fused-ring (bicyclic) bond motifs is 1. The van der Waals surface area contributed by atoms with E-state index < -0.39 is 23.7 Å². The lowest BCUT2D eigenvalue weighted by molar-refractivity contribution is 0.172. The van der Waals surface area contributed by atoms with Crippen molar-refractivity contribution < 1.29 is 18.3 Å². The van der Waals surface area contributed by atoms with Crippen molar-refractivity contribution in [2.45, 2.75) is 45.6 Å². The van der Waals surface area contributed by atoms with Crippen molar-refractivity contribution >= 4 is 17.5 Å². The highest BCUT2D eigenvalue weighted by Gasteiger charge is 2.30. The molecule has 0 saturated carbocycles. The number of nitrogens with one attached hydrogen (secondary N) is 2. The summed E-state index contributed by atoms with van der Waals surface area (Å²) in [5, 5.41) is 20.6. The zero-order chi connectivity index (χ0) is 23.0. The molecule has 3 heterocycles. The number of aryl methyl sites for hydroxylation is 3. The van der Waals surface area contributed by atoms with Gasteiger partial charge in [0.25, 0.3) is 0 Å². The molecule has 0 spiro atoms. The fraction of sp³-hybridized carbons (Fsp3) is 0.381. The summed E-state index contributed by atoms with van der Waals surface area (Å²) in [6.07, 6.45) is 3.08. The lowest BCUT2D eigenvalue weighted by atomic mass is 10.1. The molecule has 8 nitrogen and oxygen atoms in total. The highest BCUT2D eigenvalue weighted by molar-refractivity contribution is 5.72. The molecular weight excluding hydrogens is 423 g/mol. The van der Waals surface area contributed by atoms with Gasteiger partial charge in [-0.3, -0.25) is 4.68 Å². The molecule has 3 N–H and O–H groups in total. The van der Waals surface area contributed by atoms with Gasteiger partial charge in [-0.2, -0.15) is 10.1 Å². The van der Waals surface area contributed by atoms with Crippen LogP contribution in [0.1, 0.15) is 23.7 Å². The van der Waals surface area contributed by atoms with Crippen molar-refractivity contribution in [3.63, 3.8) is 0 Å². The number of benzene rings is 1. The van der Waals surface area contributed by atoms with Crippen molar-refractivity contribution in [1.82, 2.24) is 19.7 Å². The zero-order valence-corrected chi connectivity index (χ0v) is 17.9. The molecule has 11 heteroatoms. The summed E-state index contributed by atoms with van der Waals surface area (Å²) in [5.74, 6) is -2.71. The number of hydrogen-bond acceptors (Lipinski definition) is 7. The molecule has 4 rings (SSSR count). The van der Waals surface area contributed by atoms with Crippen LogP contribution in [0.5, 0.6) is 0 Å². The van der Waals surface area contributed by atoms with Gasteiger partial charge in [0.2, 0.25) is 5.95 Å². The Kier molecular flexibility index (Phi) is 5.92. The van der Waals surface area contributed by atoms with E-state index in [2.05, 4.69) is 25.7 Å². The summed E-state index contributed by atoms with van der Waals surface area (Å²) in [7, 11) is 1.87. The number of hydrogen-bond donors (Lipinski definition) is 3. The van der Waals surface area contributed by atoms with Gasteiger partial charge in [-0.05, 0) is 38.0 Å². The maximum Gasteiger partial charge on any atom is 0.225 e. The summed E-state index contributed by atoms with van der Waals surface area (Å²) < 4.78 is 41.4. The van der Waals surface area contributed by atoms with Gasteiger partial charge in [-0.1, -0.05) is 0 Å². The Morgan fingerprint density at radius 3 is 2.59 bits per heavy atom. The van der Waals surface area contributed by atoms with E-state index in [4.69, 9.17) is 0 Å². The Morgan fingerprint density at radius 1 is 1.16 bits per heavy atom. The number of nitrogens with zero attached hydrogens (tertiary/aromatic N) is 5. The minimum atomic E-state index is -1.46. The molecule has 0 fully saturated rings. The average molecular weight is 447 g/mol. The number of aromatic nitrogens is 4. The Hall–Kier alpha value is -3.34. The van der Waals surface area contributed by atoms with Crippen molar-refractivity contribution in [2.75, 3.05) is 22.6 Å². The fourth-order valence-electron chi connectivity index (χ4n) is 3.53. The minimum Gasteiger partial charge on any atom is -0.372 e. The van der Waals surface area contributed by atoms with Gasteiger partial charge in [0.1, 0.15) is 11.9 Å². The molecule has 32 heavy (non-hydrogen) atoms. The number of anilines is 3. The molecule has 2 atom stereocenters. The topological polar surface area (TPSA) is 91.1 Å². The molecule has 1 aliphatic rings. The van der Waals surface area contributed by atoms with E-state index in [1.54, 1.807) is 17.1 Å². The maximum absolute atomic E-state index is 13.4. The smallest absolute Gasteiger partial charge is 0.225 e. The largest absolute Gasteiger partial charge is 0.372 e. The number of likely N-dealkylation sites (N-methyl/N-ethyl adjacent to an activating group) is 1. The first-order chi connectivity index (χ1) is 15.2. The van der Waals surface area contributed by atoms with E-state index in [0.29, 0.717) is 48.2 Å². The zero-order valence-electron chi connectivity index (χ0n) is 17.9. The molecule has 170 valence electrons. The van der Waals surface area contributed by atoms with Crippen LogP contribution in [0.4, 0.5) is 30.6 Å². The first-order valence-electron chi connectivity index (χ1n) is 10.2. The van der Waals surface area contributed by atoms with Crippen LogP contribution >= 0.6 is 0 Å². The average Bonchev–Trinajstić information content (AvgIpc) is 3.21. The predicted molar refractivity (Wildman–Crippen MR) is 114 cm³/mol. The summed E-state index contributed by atoms with van der Waals surface area (Å²) >= 11 is 0. The molecule has 0 bridgehead atoms. The summed E-state index contributed by atoms with van der Waals surface area (Å²) in [5.41, 5.74) is 2.64. The van der Waals surface area contributed by atoms with Crippen LogP contribution in [0.25, 0.3) is 0 Å². The molecule has 0 aliphatic carbocycles. The molecule has 0 saturated heterocycles. The number of aliphatic hydroxyl groups excluding tert-OH is 1. The normalized spacial score (nSPS) is 17.8. The summed E-state index contributed by atoms with van der Waals surface area (Å²) in [4.78, 5) is 10.9. The first kappa shape index (κ1) is 21.9. The molecule has 0 radical (unpaired) electrons. The maximum atomic E-state index is 13.4. The van der Waals surface area contributed by atoms with Crippen LogP contribution in [0, 0.1) is 24.4 Å². The van der Waals surface area contributed by atoms with Gasteiger partial charge in [0.15, 0.2) is 23.3 Å². The van der Waals surface area contributed by atoms with Crippen molar-refractivity contribution in [1.29, 1.82) is 0 Å². The van der Waals surface area contributed by atoms with Gasteiger partial charge >= 0.3 is 0 Å². The summed E-state index contributed by atoms with van der Waals surface area (Å²) in [6.45, 7) is 4.55. The first-order valence-corrected chi connectivity index (χ1v) is 10.2. The van der Waals surface area contributed by atoms with E-state index in [1.165, 1.54) is 0 Å². The lowest BCUT2D eigenvalue weighted by Crippen LogP contribution is -2.48. The number of halogens is 3. The number of rotatable bonds is 6. The van der Waals surface area contributed by atoms with Crippen LogP contribution in [0.3, 0.4) is 0 Å². The van der Waals surface area contributed by atoms with Gasteiger partial charge in [0.05, 0.1) is 17.9 Å². The quantitative estimate of drug-likeness (QED) is 0.501. The van der Waals surface area contributed by atoms with Gasteiger partial charge in [0, 0.05) is 31.9 Å². The van der Waals surface area contributed by atoms with E-state index in [9.17, 15) is 18.3 Å². The van der Waals surface area contributed by atoms with Crippen LogP contribution in [-0.4, -0.2) is 44.2 Å². The molecule has 1 aromatic carbocycles. The van der Waals surface area contributed by atoms with E-state index in [-0.39, 0.29) is 6.04 Å². The Bertz CT molecular complexity index is 1110. The van der Waals surface area contributed by atoms with Crippen molar-refractivity contribution in [3.05, 3.63) is 58.8 Å². The molecule has 3 aromatic rings. The second-order valence-corrected chi connectivity index (χ2v) is 7.86. The molecule has 1 aliphatic heterocycles. The van der Waals surface area contributed by atoms with Crippen molar-refractivity contribution in [3.8, 4) is 0 Å². The Labute approximate surface area is 183 Å². The third-order valence-corrected chi connectivity index (χ3v) is 5.58. The highest BCUT2D eigenvalue weighted by atomic mass is 19.2. The molecule has 2 aromatic heterocycles. The third-order valence-electron chi connectivity index (χ3n) is 5.58. The predicted octanol–water partition coefficient (Wildman–Crippen LogP) is 2.82. The van der Waals surface area contributed by atoms with E-state index >= 15 is 0 Å². The summed E-state index contributed by atoms with van der Waals surface area (Å²) in [6, 6.07) is 1.84. The molecule has 0 amide bonds. The standard InChI is InChI=1S/C21H24F3N7O/c1-11-18-19(30(3)12(2)20(32)28-18)29-21(27-11)25-8-14-9-26-31(10-14)5-4-13-6-15(22)17(24)16(23)7-13/h6-7,9-10,12,20,28,32H,4-5,8H2,1-3H3,(H,25,27,29)/t12-,20?/m0/s1. The van der Waals surface area contributed by atoms with Gasteiger partial charge < -0.3 is 20.6 Å². The lowest BCUT2D eigenvalue weighted by Gasteiger charge is -2.37. The van der Waals surface area contributed by atoms with Crippen LogP contribution in [0.15, 0.2) is 24.5 Å². The van der Waals surface area contributed by atoms with Crippen LogP contribution in [0.2, 0.25) is 0 Å². The monoisotopic (exact) mass is 447 g/mol. The van der Waals surface area contributed by atoms with Gasteiger partial charge in [-0.25, -0.2) is 18.2 Å². The fourth-order valence-corrected chi connectivity index (χ4v) is 3.53. The van der Waals surface area contributed by atoms with Crippen molar-refractivity contribution in [2.24, 2.45) is 0 Å². The molecule has 1 unspecified atom stereocenters.